The maximum atomic E-state index is 14.0. The second kappa shape index (κ2) is 7.94. The highest BCUT2D eigenvalue weighted by Crippen LogP contribution is 2.46. The summed E-state index contributed by atoms with van der Waals surface area (Å²) in [5, 5.41) is 21.1. The second-order valence-corrected chi connectivity index (χ2v) is 9.66. The minimum atomic E-state index is -1.27. The quantitative estimate of drug-likeness (QED) is 0.629. The molecule has 172 valence electrons. The SMILES string of the molecule is COc1ncccc1-c1nc(C2(O)CC(C)(C)OC(C)(C)C2)cn1-c1ccc(F)c(C#N)c1. The third-order valence-electron chi connectivity index (χ3n) is 5.73. The maximum absolute atomic E-state index is 14.0. The Morgan fingerprint density at radius 3 is 2.52 bits per heavy atom. The monoisotopic (exact) mass is 450 g/mol. The summed E-state index contributed by atoms with van der Waals surface area (Å²) in [5.41, 5.74) is -0.912. The predicted octanol–water partition coefficient (Wildman–Crippen LogP) is 4.51. The molecule has 0 bridgehead atoms. The van der Waals surface area contributed by atoms with Crippen molar-refractivity contribution in [3.63, 3.8) is 0 Å². The molecular formula is C25H27FN4O3. The molecule has 0 amide bonds. The minimum absolute atomic E-state index is 0.0844. The zero-order chi connectivity index (χ0) is 24.0. The first kappa shape index (κ1) is 22.9. The molecule has 0 radical (unpaired) electrons. The lowest BCUT2D eigenvalue weighted by atomic mass is 9.76. The summed E-state index contributed by atoms with van der Waals surface area (Å²) in [4.78, 5) is 9.10. The molecule has 0 aliphatic carbocycles. The number of hydrogen-bond acceptors (Lipinski definition) is 6. The van der Waals surface area contributed by atoms with Crippen LogP contribution in [0.4, 0.5) is 4.39 Å². The zero-order valence-corrected chi connectivity index (χ0v) is 19.4. The van der Waals surface area contributed by atoms with Crippen molar-refractivity contribution >= 4 is 0 Å². The zero-order valence-electron chi connectivity index (χ0n) is 19.4. The summed E-state index contributed by atoms with van der Waals surface area (Å²) in [7, 11) is 1.52. The summed E-state index contributed by atoms with van der Waals surface area (Å²) in [6.45, 7) is 7.78. The topological polar surface area (TPSA) is 93.2 Å². The number of aliphatic hydroxyl groups is 1. The molecule has 1 aliphatic heterocycles. The average Bonchev–Trinajstić information content (AvgIpc) is 3.17. The molecule has 0 unspecified atom stereocenters. The van der Waals surface area contributed by atoms with Crippen LogP contribution in [0.15, 0.2) is 42.7 Å². The van der Waals surface area contributed by atoms with Crippen LogP contribution in [-0.4, -0.2) is 38.0 Å². The van der Waals surface area contributed by atoms with Gasteiger partial charge in [-0.3, -0.25) is 4.57 Å². The molecule has 3 aromatic rings. The van der Waals surface area contributed by atoms with Gasteiger partial charge in [-0.25, -0.2) is 14.4 Å². The predicted molar refractivity (Wildman–Crippen MR) is 120 cm³/mol. The Kier molecular flexibility index (Phi) is 5.51. The summed E-state index contributed by atoms with van der Waals surface area (Å²) in [6, 6.07) is 9.71. The molecule has 1 fully saturated rings. The van der Waals surface area contributed by atoms with E-state index >= 15 is 0 Å². The van der Waals surface area contributed by atoms with Gasteiger partial charge in [0.05, 0.1) is 35.1 Å². The Bertz CT molecular complexity index is 1230. The van der Waals surface area contributed by atoms with Gasteiger partial charge < -0.3 is 14.6 Å². The molecule has 0 spiro atoms. The van der Waals surface area contributed by atoms with Crippen molar-refractivity contribution in [2.45, 2.75) is 57.3 Å². The third-order valence-corrected chi connectivity index (χ3v) is 5.73. The average molecular weight is 451 g/mol. The Labute approximate surface area is 192 Å². The highest BCUT2D eigenvalue weighted by molar-refractivity contribution is 5.65. The highest BCUT2D eigenvalue weighted by Gasteiger charge is 2.49. The molecule has 33 heavy (non-hydrogen) atoms. The van der Waals surface area contributed by atoms with Gasteiger partial charge in [0.25, 0.3) is 0 Å². The fourth-order valence-electron chi connectivity index (χ4n) is 4.94. The molecule has 2 aromatic heterocycles. The van der Waals surface area contributed by atoms with E-state index in [2.05, 4.69) is 4.98 Å². The van der Waals surface area contributed by atoms with Gasteiger partial charge in [-0.05, 0) is 58.0 Å². The molecule has 1 N–H and O–H groups in total. The third kappa shape index (κ3) is 4.34. The van der Waals surface area contributed by atoms with Crippen molar-refractivity contribution in [2.75, 3.05) is 7.11 Å². The largest absolute Gasteiger partial charge is 0.480 e. The van der Waals surface area contributed by atoms with E-state index in [4.69, 9.17) is 14.5 Å². The molecule has 1 aromatic carbocycles. The number of benzene rings is 1. The fourth-order valence-corrected chi connectivity index (χ4v) is 4.94. The first-order valence-corrected chi connectivity index (χ1v) is 10.7. The lowest BCUT2D eigenvalue weighted by molar-refractivity contribution is -0.224. The van der Waals surface area contributed by atoms with Gasteiger partial charge in [-0.2, -0.15) is 5.26 Å². The van der Waals surface area contributed by atoms with E-state index in [1.807, 2.05) is 39.8 Å². The molecule has 0 atom stereocenters. The standard InChI is InChI=1S/C25H27FN4O3/c1-23(2)14-25(31,15-24(3,4)33-23)20-13-30(17-8-9-19(26)16(11-17)12-27)21(29-20)18-7-6-10-28-22(18)32-5/h6-11,13,31H,14-15H2,1-5H3. The van der Waals surface area contributed by atoms with Crippen LogP contribution in [0.3, 0.4) is 0 Å². The van der Waals surface area contributed by atoms with E-state index in [-0.39, 0.29) is 5.56 Å². The lowest BCUT2D eigenvalue weighted by Crippen LogP contribution is -2.52. The summed E-state index contributed by atoms with van der Waals surface area (Å²) in [6.07, 6.45) is 4.03. The van der Waals surface area contributed by atoms with Gasteiger partial charge in [-0.1, -0.05) is 0 Å². The number of aromatic nitrogens is 3. The summed E-state index contributed by atoms with van der Waals surface area (Å²) >= 11 is 0. The number of nitriles is 1. The number of imidazole rings is 1. The van der Waals surface area contributed by atoms with Crippen LogP contribution in [0.5, 0.6) is 5.88 Å². The smallest absolute Gasteiger partial charge is 0.224 e. The summed E-state index contributed by atoms with van der Waals surface area (Å²) < 4.78 is 27.4. The Hall–Kier alpha value is -3.28. The highest BCUT2D eigenvalue weighted by atomic mass is 19.1. The van der Waals surface area contributed by atoms with Crippen LogP contribution in [0.1, 0.15) is 51.8 Å². The van der Waals surface area contributed by atoms with E-state index in [1.54, 1.807) is 29.1 Å². The maximum Gasteiger partial charge on any atom is 0.224 e. The second-order valence-electron chi connectivity index (χ2n) is 9.66. The Morgan fingerprint density at radius 1 is 1.18 bits per heavy atom. The van der Waals surface area contributed by atoms with Gasteiger partial charge in [0.15, 0.2) is 0 Å². The fraction of sp³-hybridized carbons (Fsp3) is 0.400. The molecule has 1 saturated heterocycles. The van der Waals surface area contributed by atoms with Gasteiger partial charge >= 0.3 is 0 Å². The number of methoxy groups -OCH3 is 1. The van der Waals surface area contributed by atoms with Crippen LogP contribution in [0, 0.1) is 17.1 Å². The number of hydrogen-bond donors (Lipinski definition) is 1. The van der Waals surface area contributed by atoms with Crippen LogP contribution in [-0.2, 0) is 10.3 Å². The molecule has 7 nitrogen and oxygen atoms in total. The molecule has 4 rings (SSSR count). The van der Waals surface area contributed by atoms with E-state index < -0.39 is 22.6 Å². The minimum Gasteiger partial charge on any atom is -0.480 e. The number of pyridine rings is 1. The van der Waals surface area contributed by atoms with E-state index in [9.17, 15) is 14.8 Å². The number of rotatable bonds is 4. The number of ether oxygens (including phenoxy) is 2. The lowest BCUT2D eigenvalue weighted by Gasteiger charge is -2.49. The van der Waals surface area contributed by atoms with Crippen LogP contribution in [0.2, 0.25) is 0 Å². The van der Waals surface area contributed by atoms with Gasteiger partial charge in [-0.15, -0.1) is 0 Å². The summed E-state index contributed by atoms with van der Waals surface area (Å²) in [5.74, 6) is 0.216. The van der Waals surface area contributed by atoms with Gasteiger partial charge in [0.1, 0.15) is 23.3 Å². The van der Waals surface area contributed by atoms with Crippen molar-refractivity contribution in [3.05, 3.63) is 59.8 Å². The molecular weight excluding hydrogens is 423 g/mol. The van der Waals surface area contributed by atoms with Crippen molar-refractivity contribution in [3.8, 4) is 29.0 Å². The number of halogens is 1. The van der Waals surface area contributed by atoms with Crippen LogP contribution in [0.25, 0.3) is 17.1 Å². The van der Waals surface area contributed by atoms with E-state index in [0.717, 1.165) is 0 Å². The van der Waals surface area contributed by atoms with Crippen molar-refractivity contribution < 1.29 is 19.0 Å². The van der Waals surface area contributed by atoms with Crippen molar-refractivity contribution in [1.82, 2.24) is 14.5 Å². The molecule has 1 aliphatic rings. The van der Waals surface area contributed by atoms with Crippen LogP contribution < -0.4 is 4.74 Å². The van der Waals surface area contributed by atoms with Crippen LogP contribution >= 0.6 is 0 Å². The Balaban J connectivity index is 1.94. The first-order chi connectivity index (χ1) is 15.5. The van der Waals surface area contributed by atoms with Crippen molar-refractivity contribution in [1.29, 1.82) is 5.26 Å². The molecule has 8 heteroatoms. The van der Waals surface area contributed by atoms with E-state index in [0.29, 0.717) is 41.5 Å². The normalized spacial score (nSPS) is 18.5. The van der Waals surface area contributed by atoms with Crippen molar-refractivity contribution in [2.24, 2.45) is 0 Å². The van der Waals surface area contributed by atoms with Gasteiger partial charge in [0.2, 0.25) is 5.88 Å². The number of nitrogens with zero attached hydrogens (tertiary/aromatic N) is 4. The molecule has 3 heterocycles. The Morgan fingerprint density at radius 2 is 1.88 bits per heavy atom. The first-order valence-electron chi connectivity index (χ1n) is 10.7. The molecule has 0 saturated carbocycles. The van der Waals surface area contributed by atoms with E-state index in [1.165, 1.54) is 19.2 Å². The van der Waals surface area contributed by atoms with Gasteiger partial charge in [0, 0.05) is 30.9 Å².